The molecule has 0 saturated carbocycles. The lowest BCUT2D eigenvalue weighted by Gasteiger charge is -1.99. The number of hydrogen-bond acceptors (Lipinski definition) is 2. The first-order valence-electron chi connectivity index (χ1n) is 3.94. The van der Waals surface area contributed by atoms with Crippen LogP contribution in [-0.2, 0) is 0 Å². The molecule has 0 atom stereocenters. The number of halogens is 2. The Kier molecular flexibility index (Phi) is 2.96. The lowest BCUT2D eigenvalue weighted by Crippen LogP contribution is -2.04. The SMILES string of the molecule is C/C(N)=C/C(=O)c1cccc(F)c1F. The summed E-state index contributed by atoms with van der Waals surface area (Å²) in [5, 5.41) is 0. The van der Waals surface area contributed by atoms with Crippen LogP contribution in [0.15, 0.2) is 30.0 Å². The van der Waals surface area contributed by atoms with E-state index in [2.05, 4.69) is 0 Å². The maximum Gasteiger partial charge on any atom is 0.190 e. The molecule has 14 heavy (non-hydrogen) atoms. The van der Waals surface area contributed by atoms with Crippen LogP contribution in [0, 0.1) is 11.6 Å². The van der Waals surface area contributed by atoms with E-state index in [0.717, 1.165) is 12.1 Å². The molecule has 0 saturated heterocycles. The van der Waals surface area contributed by atoms with E-state index in [1.54, 1.807) is 0 Å². The Bertz CT molecular complexity index is 395. The fourth-order valence-electron chi connectivity index (χ4n) is 0.979. The number of benzene rings is 1. The highest BCUT2D eigenvalue weighted by Crippen LogP contribution is 2.12. The van der Waals surface area contributed by atoms with Gasteiger partial charge in [-0.2, -0.15) is 0 Å². The van der Waals surface area contributed by atoms with Crippen molar-refractivity contribution in [3.63, 3.8) is 0 Å². The Labute approximate surface area is 80.0 Å². The molecule has 0 heterocycles. The summed E-state index contributed by atoms with van der Waals surface area (Å²) in [6, 6.07) is 3.43. The van der Waals surface area contributed by atoms with E-state index < -0.39 is 17.4 Å². The minimum atomic E-state index is -1.14. The second-order valence-electron chi connectivity index (χ2n) is 2.85. The Morgan fingerprint density at radius 1 is 1.43 bits per heavy atom. The van der Waals surface area contributed by atoms with Crippen LogP contribution in [0.4, 0.5) is 8.78 Å². The monoisotopic (exact) mass is 197 g/mol. The first-order chi connectivity index (χ1) is 6.52. The van der Waals surface area contributed by atoms with Crippen molar-refractivity contribution in [3.8, 4) is 0 Å². The molecule has 0 aliphatic rings. The molecule has 0 aromatic heterocycles. The van der Waals surface area contributed by atoms with Gasteiger partial charge >= 0.3 is 0 Å². The van der Waals surface area contributed by atoms with Crippen molar-refractivity contribution in [1.82, 2.24) is 0 Å². The van der Waals surface area contributed by atoms with E-state index in [0.29, 0.717) is 0 Å². The minimum Gasteiger partial charge on any atom is -0.402 e. The van der Waals surface area contributed by atoms with Gasteiger partial charge in [-0.1, -0.05) is 6.07 Å². The van der Waals surface area contributed by atoms with E-state index in [1.807, 2.05) is 0 Å². The Morgan fingerprint density at radius 3 is 2.64 bits per heavy atom. The van der Waals surface area contributed by atoms with Gasteiger partial charge in [0.15, 0.2) is 17.4 Å². The van der Waals surface area contributed by atoms with E-state index in [1.165, 1.54) is 19.1 Å². The summed E-state index contributed by atoms with van der Waals surface area (Å²) in [6.45, 7) is 1.50. The number of rotatable bonds is 2. The average molecular weight is 197 g/mol. The fourth-order valence-corrected chi connectivity index (χ4v) is 0.979. The quantitative estimate of drug-likeness (QED) is 0.582. The third kappa shape index (κ3) is 2.16. The van der Waals surface area contributed by atoms with Gasteiger partial charge in [-0.15, -0.1) is 0 Å². The van der Waals surface area contributed by atoms with Crippen molar-refractivity contribution < 1.29 is 13.6 Å². The number of carbonyl (C=O) groups is 1. The molecule has 2 nitrogen and oxygen atoms in total. The topological polar surface area (TPSA) is 43.1 Å². The van der Waals surface area contributed by atoms with Crippen molar-refractivity contribution >= 4 is 5.78 Å². The van der Waals surface area contributed by atoms with Crippen molar-refractivity contribution in [2.45, 2.75) is 6.92 Å². The zero-order valence-electron chi connectivity index (χ0n) is 7.55. The molecule has 1 aromatic rings. The molecule has 1 rings (SSSR count). The molecule has 0 radical (unpaired) electrons. The second kappa shape index (κ2) is 4.00. The van der Waals surface area contributed by atoms with Gasteiger partial charge in [0.2, 0.25) is 0 Å². The van der Waals surface area contributed by atoms with Crippen LogP contribution in [0.3, 0.4) is 0 Å². The van der Waals surface area contributed by atoms with Crippen molar-refractivity contribution in [2.75, 3.05) is 0 Å². The third-order valence-corrected chi connectivity index (χ3v) is 1.58. The van der Waals surface area contributed by atoms with E-state index in [-0.39, 0.29) is 11.3 Å². The number of allylic oxidation sites excluding steroid dienone is 2. The summed E-state index contributed by atoms with van der Waals surface area (Å²) >= 11 is 0. The summed E-state index contributed by atoms with van der Waals surface area (Å²) in [6.07, 6.45) is 1.05. The minimum absolute atomic E-state index is 0.249. The van der Waals surface area contributed by atoms with Crippen LogP contribution in [-0.4, -0.2) is 5.78 Å². The van der Waals surface area contributed by atoms with Crippen LogP contribution in [0.25, 0.3) is 0 Å². The Morgan fingerprint density at radius 2 is 2.07 bits per heavy atom. The Hall–Kier alpha value is -1.71. The summed E-state index contributed by atoms with van der Waals surface area (Å²) in [5.74, 6) is -2.82. The van der Waals surface area contributed by atoms with Gasteiger partial charge in [-0.25, -0.2) is 8.78 Å². The largest absolute Gasteiger partial charge is 0.402 e. The van der Waals surface area contributed by atoms with Crippen LogP contribution in [0.1, 0.15) is 17.3 Å². The lowest BCUT2D eigenvalue weighted by atomic mass is 10.1. The normalized spacial score (nSPS) is 11.5. The molecule has 0 fully saturated rings. The van der Waals surface area contributed by atoms with Gasteiger partial charge in [-0.3, -0.25) is 4.79 Å². The van der Waals surface area contributed by atoms with Gasteiger partial charge in [0.1, 0.15) is 0 Å². The van der Waals surface area contributed by atoms with Gasteiger partial charge in [0, 0.05) is 11.8 Å². The smallest absolute Gasteiger partial charge is 0.190 e. The predicted molar refractivity (Wildman–Crippen MR) is 48.6 cm³/mol. The zero-order valence-corrected chi connectivity index (χ0v) is 7.55. The fraction of sp³-hybridized carbons (Fsp3) is 0.100. The lowest BCUT2D eigenvalue weighted by molar-refractivity contribution is 0.104. The van der Waals surface area contributed by atoms with Crippen LogP contribution in [0.2, 0.25) is 0 Å². The first-order valence-corrected chi connectivity index (χ1v) is 3.94. The molecule has 0 aliphatic carbocycles. The number of nitrogens with two attached hydrogens (primary N) is 1. The summed E-state index contributed by atoms with van der Waals surface area (Å²) in [7, 11) is 0. The van der Waals surface area contributed by atoms with E-state index in [4.69, 9.17) is 5.73 Å². The molecule has 0 bridgehead atoms. The highest BCUT2D eigenvalue weighted by molar-refractivity contribution is 6.04. The molecule has 0 aliphatic heterocycles. The van der Waals surface area contributed by atoms with Crippen molar-refractivity contribution in [1.29, 1.82) is 0 Å². The van der Waals surface area contributed by atoms with Gasteiger partial charge in [-0.05, 0) is 19.1 Å². The van der Waals surface area contributed by atoms with Gasteiger partial charge in [0.05, 0.1) is 5.56 Å². The van der Waals surface area contributed by atoms with Gasteiger partial charge < -0.3 is 5.73 Å². The van der Waals surface area contributed by atoms with Crippen LogP contribution < -0.4 is 5.73 Å². The molecule has 2 N–H and O–H groups in total. The third-order valence-electron chi connectivity index (χ3n) is 1.58. The summed E-state index contributed by atoms with van der Waals surface area (Å²) < 4.78 is 25.7. The Balaban J connectivity index is 3.14. The first kappa shape index (κ1) is 10.4. The summed E-state index contributed by atoms with van der Waals surface area (Å²) in [5.41, 5.74) is 5.18. The molecular weight excluding hydrogens is 188 g/mol. The highest BCUT2D eigenvalue weighted by atomic mass is 19.2. The predicted octanol–water partition coefficient (Wildman–Crippen LogP) is 2.01. The summed E-state index contributed by atoms with van der Waals surface area (Å²) in [4.78, 5) is 11.3. The van der Waals surface area contributed by atoms with Crippen molar-refractivity contribution in [2.24, 2.45) is 5.73 Å². The maximum absolute atomic E-state index is 13.0. The highest BCUT2D eigenvalue weighted by Gasteiger charge is 2.12. The molecule has 0 spiro atoms. The molecule has 0 amide bonds. The van der Waals surface area contributed by atoms with E-state index >= 15 is 0 Å². The van der Waals surface area contributed by atoms with Crippen LogP contribution >= 0.6 is 0 Å². The van der Waals surface area contributed by atoms with Crippen molar-refractivity contribution in [3.05, 3.63) is 47.2 Å². The average Bonchev–Trinajstić information content (AvgIpc) is 2.08. The molecular formula is C10H9F2NO. The molecule has 1 aromatic carbocycles. The van der Waals surface area contributed by atoms with E-state index in [9.17, 15) is 13.6 Å². The number of hydrogen-bond donors (Lipinski definition) is 1. The maximum atomic E-state index is 13.0. The second-order valence-corrected chi connectivity index (χ2v) is 2.85. The number of carbonyl (C=O) groups excluding carboxylic acids is 1. The molecule has 74 valence electrons. The molecule has 4 heteroatoms. The zero-order chi connectivity index (χ0) is 10.7. The standard InChI is InChI=1S/C10H9F2NO/c1-6(13)5-9(14)7-3-2-4-8(11)10(7)12/h2-5H,13H2,1H3/b6-5-. The van der Waals surface area contributed by atoms with Gasteiger partial charge in [0.25, 0.3) is 0 Å². The number of ketones is 1. The van der Waals surface area contributed by atoms with Crippen LogP contribution in [0.5, 0.6) is 0 Å². The molecule has 0 unspecified atom stereocenters.